The zero-order chi connectivity index (χ0) is 13.5. The summed E-state index contributed by atoms with van der Waals surface area (Å²) in [4.78, 5) is 13.8. The van der Waals surface area contributed by atoms with E-state index in [2.05, 4.69) is 4.99 Å². The standard InChI is InChI=1S/C11H7N5O2/c12-5-9(14)10(6-13)15-7-8-3-1-2-4-11(8)16(17)18/h1-4,7H,14H2/b10-9+,15-7?. The fourth-order valence-electron chi connectivity index (χ4n) is 1.11. The van der Waals surface area contributed by atoms with Crippen LogP contribution in [0.15, 0.2) is 40.7 Å². The van der Waals surface area contributed by atoms with Crippen molar-refractivity contribution in [1.82, 2.24) is 0 Å². The van der Waals surface area contributed by atoms with Crippen LogP contribution >= 0.6 is 0 Å². The number of para-hydroxylation sites is 1. The van der Waals surface area contributed by atoms with Crippen molar-refractivity contribution in [2.45, 2.75) is 0 Å². The van der Waals surface area contributed by atoms with E-state index in [1.807, 2.05) is 0 Å². The summed E-state index contributed by atoms with van der Waals surface area (Å²) in [5.41, 5.74) is 4.69. The van der Waals surface area contributed by atoms with Gasteiger partial charge in [-0.25, -0.2) is 4.99 Å². The van der Waals surface area contributed by atoms with Crippen molar-refractivity contribution in [2.24, 2.45) is 10.7 Å². The summed E-state index contributed by atoms with van der Waals surface area (Å²) in [7, 11) is 0. The van der Waals surface area contributed by atoms with Gasteiger partial charge in [-0.2, -0.15) is 10.5 Å². The highest BCUT2D eigenvalue weighted by molar-refractivity contribution is 5.86. The molecule has 0 aliphatic rings. The van der Waals surface area contributed by atoms with E-state index in [1.54, 1.807) is 18.2 Å². The second-order valence-electron chi connectivity index (χ2n) is 3.06. The number of nitrogens with zero attached hydrogens (tertiary/aromatic N) is 4. The fraction of sp³-hybridized carbons (Fsp3) is 0. The van der Waals surface area contributed by atoms with Gasteiger partial charge in [-0.1, -0.05) is 12.1 Å². The van der Waals surface area contributed by atoms with Crippen LogP contribution in [0.2, 0.25) is 0 Å². The number of nitrogens with two attached hydrogens (primary N) is 1. The molecule has 0 aliphatic carbocycles. The van der Waals surface area contributed by atoms with E-state index in [0.717, 1.165) is 6.21 Å². The second kappa shape index (κ2) is 5.77. The molecule has 18 heavy (non-hydrogen) atoms. The quantitative estimate of drug-likeness (QED) is 0.368. The van der Waals surface area contributed by atoms with Crippen LogP contribution in [-0.2, 0) is 0 Å². The number of nitriles is 2. The predicted octanol–water partition coefficient (Wildman–Crippen LogP) is 1.23. The number of aliphatic imine (C=N–C) groups is 1. The van der Waals surface area contributed by atoms with E-state index in [0.29, 0.717) is 0 Å². The van der Waals surface area contributed by atoms with E-state index >= 15 is 0 Å². The molecule has 0 atom stereocenters. The summed E-state index contributed by atoms with van der Waals surface area (Å²) in [5.74, 6) is 0. The average Bonchev–Trinajstić information content (AvgIpc) is 2.39. The molecule has 7 nitrogen and oxygen atoms in total. The number of nitro groups is 1. The molecule has 0 saturated heterocycles. The third-order valence-corrected chi connectivity index (χ3v) is 1.95. The molecule has 1 aromatic carbocycles. The van der Waals surface area contributed by atoms with Crippen molar-refractivity contribution in [2.75, 3.05) is 0 Å². The molecule has 2 N–H and O–H groups in total. The van der Waals surface area contributed by atoms with E-state index in [4.69, 9.17) is 16.3 Å². The topological polar surface area (TPSA) is 129 Å². The van der Waals surface area contributed by atoms with Crippen LogP contribution in [0.5, 0.6) is 0 Å². The first-order valence-electron chi connectivity index (χ1n) is 4.67. The van der Waals surface area contributed by atoms with E-state index in [9.17, 15) is 10.1 Å². The molecule has 1 aromatic rings. The minimum Gasteiger partial charge on any atom is -0.388 e. The molecule has 0 heterocycles. The van der Waals surface area contributed by atoms with Crippen molar-refractivity contribution in [3.63, 3.8) is 0 Å². The van der Waals surface area contributed by atoms with Gasteiger partial charge in [-0.3, -0.25) is 10.1 Å². The van der Waals surface area contributed by atoms with E-state index in [-0.39, 0.29) is 22.6 Å². The molecular formula is C11H7N5O2. The first-order chi connectivity index (χ1) is 8.60. The van der Waals surface area contributed by atoms with Crippen molar-refractivity contribution >= 4 is 11.9 Å². The number of allylic oxidation sites excluding steroid dienone is 2. The molecule has 0 amide bonds. The maximum absolute atomic E-state index is 10.7. The number of benzene rings is 1. The third-order valence-electron chi connectivity index (χ3n) is 1.95. The lowest BCUT2D eigenvalue weighted by Crippen LogP contribution is -1.98. The number of rotatable bonds is 3. The van der Waals surface area contributed by atoms with E-state index < -0.39 is 4.92 Å². The van der Waals surface area contributed by atoms with Gasteiger partial charge in [-0.15, -0.1) is 0 Å². The van der Waals surface area contributed by atoms with Gasteiger partial charge in [0, 0.05) is 12.3 Å². The molecule has 0 saturated carbocycles. The summed E-state index contributed by atoms with van der Waals surface area (Å²) in [6.45, 7) is 0. The molecule has 88 valence electrons. The van der Waals surface area contributed by atoms with Gasteiger partial charge in [0.25, 0.3) is 5.69 Å². The van der Waals surface area contributed by atoms with Crippen molar-refractivity contribution in [3.8, 4) is 12.1 Å². The average molecular weight is 241 g/mol. The van der Waals surface area contributed by atoms with Gasteiger partial charge < -0.3 is 5.73 Å². The van der Waals surface area contributed by atoms with E-state index in [1.165, 1.54) is 18.2 Å². The summed E-state index contributed by atoms with van der Waals surface area (Å²) in [6.07, 6.45) is 1.13. The van der Waals surface area contributed by atoms with Gasteiger partial charge >= 0.3 is 0 Å². The highest BCUT2D eigenvalue weighted by Crippen LogP contribution is 2.15. The molecule has 1 rings (SSSR count). The Morgan fingerprint density at radius 1 is 1.39 bits per heavy atom. The van der Waals surface area contributed by atoms with Crippen molar-refractivity contribution in [1.29, 1.82) is 10.5 Å². The molecule has 0 aromatic heterocycles. The summed E-state index contributed by atoms with van der Waals surface area (Å²) >= 11 is 0. The van der Waals surface area contributed by atoms with Gasteiger partial charge in [0.05, 0.1) is 10.5 Å². The minimum absolute atomic E-state index is 0.144. The zero-order valence-corrected chi connectivity index (χ0v) is 9.07. The maximum atomic E-state index is 10.7. The molecule has 0 unspecified atom stereocenters. The molecule has 0 radical (unpaired) electrons. The minimum atomic E-state index is -0.565. The third kappa shape index (κ3) is 2.90. The van der Waals surface area contributed by atoms with Crippen molar-refractivity contribution < 1.29 is 4.92 Å². The van der Waals surface area contributed by atoms with Gasteiger partial charge in [0.1, 0.15) is 17.8 Å². The Bertz CT molecular complexity index is 619. The Balaban J connectivity index is 3.18. The first-order valence-corrected chi connectivity index (χ1v) is 4.67. The SMILES string of the molecule is N#C/C(N)=C(/C#N)N=Cc1ccccc1[N+](=O)[O-]. The monoisotopic (exact) mass is 241 g/mol. The molecule has 0 bridgehead atoms. The Hall–Kier alpha value is -3.19. The van der Waals surface area contributed by atoms with Gasteiger partial charge in [-0.05, 0) is 6.07 Å². The molecular weight excluding hydrogens is 234 g/mol. The van der Waals surface area contributed by atoms with Gasteiger partial charge in [0.15, 0.2) is 5.70 Å². The Morgan fingerprint density at radius 2 is 2.06 bits per heavy atom. The van der Waals surface area contributed by atoms with Gasteiger partial charge in [0.2, 0.25) is 0 Å². The van der Waals surface area contributed by atoms with Crippen LogP contribution in [0.25, 0.3) is 0 Å². The smallest absolute Gasteiger partial charge is 0.278 e. The first kappa shape index (κ1) is 12.9. The molecule has 0 spiro atoms. The number of hydrogen-bond donors (Lipinski definition) is 1. The Labute approximate surface area is 102 Å². The highest BCUT2D eigenvalue weighted by Gasteiger charge is 2.10. The van der Waals surface area contributed by atoms with Crippen LogP contribution in [0.3, 0.4) is 0 Å². The summed E-state index contributed by atoms with van der Waals surface area (Å²) < 4.78 is 0. The van der Waals surface area contributed by atoms with Crippen LogP contribution in [-0.4, -0.2) is 11.1 Å². The van der Waals surface area contributed by atoms with Crippen LogP contribution < -0.4 is 5.73 Å². The number of nitro benzene ring substituents is 1. The lowest BCUT2D eigenvalue weighted by atomic mass is 10.2. The van der Waals surface area contributed by atoms with Crippen LogP contribution in [0, 0.1) is 32.8 Å². The Morgan fingerprint density at radius 3 is 2.61 bits per heavy atom. The zero-order valence-electron chi connectivity index (χ0n) is 9.07. The maximum Gasteiger partial charge on any atom is 0.278 e. The normalized spacial score (nSPS) is 11.4. The highest BCUT2D eigenvalue weighted by atomic mass is 16.6. The molecule has 0 fully saturated rings. The number of hydrogen-bond acceptors (Lipinski definition) is 6. The molecule has 7 heteroatoms. The Kier molecular flexibility index (Phi) is 4.13. The summed E-state index contributed by atoms with van der Waals surface area (Å²) in [5, 5.41) is 27.9. The molecule has 0 aliphatic heterocycles. The largest absolute Gasteiger partial charge is 0.388 e. The lowest BCUT2D eigenvalue weighted by Gasteiger charge is -1.95. The fourth-order valence-corrected chi connectivity index (χ4v) is 1.11. The lowest BCUT2D eigenvalue weighted by molar-refractivity contribution is -0.385. The van der Waals surface area contributed by atoms with Crippen LogP contribution in [0.1, 0.15) is 5.56 Å². The van der Waals surface area contributed by atoms with Crippen LogP contribution in [0.4, 0.5) is 5.69 Å². The second-order valence-corrected chi connectivity index (χ2v) is 3.06. The van der Waals surface area contributed by atoms with Crippen molar-refractivity contribution in [3.05, 3.63) is 51.3 Å². The summed E-state index contributed by atoms with van der Waals surface area (Å²) in [6, 6.07) is 9.10. The predicted molar refractivity (Wildman–Crippen MR) is 63.1 cm³/mol.